The maximum atomic E-state index is 3.72. The highest BCUT2D eigenvalue weighted by molar-refractivity contribution is 5.05. The number of rotatable bonds is 2. The molecule has 1 saturated heterocycles. The molecule has 3 aliphatic rings. The zero-order valence-corrected chi connectivity index (χ0v) is 9.42. The van der Waals surface area contributed by atoms with Crippen LogP contribution in [0.3, 0.4) is 0 Å². The normalized spacial score (nSPS) is 42.4. The van der Waals surface area contributed by atoms with Gasteiger partial charge in [-0.15, -0.1) is 0 Å². The molecule has 3 rings (SSSR count). The van der Waals surface area contributed by atoms with Gasteiger partial charge in [0.1, 0.15) is 0 Å². The van der Waals surface area contributed by atoms with Crippen LogP contribution in [-0.2, 0) is 0 Å². The van der Waals surface area contributed by atoms with Crippen LogP contribution in [0.15, 0.2) is 0 Å². The highest BCUT2D eigenvalue weighted by atomic mass is 15.3. The highest BCUT2D eigenvalue weighted by Crippen LogP contribution is 2.44. The number of nitrogens with one attached hydrogen (secondary N) is 1. The van der Waals surface area contributed by atoms with E-state index < -0.39 is 0 Å². The first-order chi connectivity index (χ1) is 6.69. The van der Waals surface area contributed by atoms with Crippen LogP contribution in [0.25, 0.3) is 0 Å². The number of nitrogens with zero attached hydrogens (tertiary/aromatic N) is 1. The van der Waals surface area contributed by atoms with Crippen molar-refractivity contribution in [2.45, 2.75) is 57.2 Å². The van der Waals surface area contributed by atoms with Crippen LogP contribution in [0.5, 0.6) is 0 Å². The van der Waals surface area contributed by atoms with E-state index in [-0.39, 0.29) is 0 Å². The van der Waals surface area contributed by atoms with Gasteiger partial charge in [-0.2, -0.15) is 0 Å². The average Bonchev–Trinajstić information content (AvgIpc) is 3.00. The molecule has 1 heterocycles. The summed E-state index contributed by atoms with van der Waals surface area (Å²) in [6, 6.07) is 1.56. The number of hydrogen-bond acceptors (Lipinski definition) is 2. The molecular weight excluding hydrogens is 172 g/mol. The summed E-state index contributed by atoms with van der Waals surface area (Å²) in [6.07, 6.45) is 5.79. The third kappa shape index (κ3) is 1.49. The Bertz CT molecular complexity index is 230. The molecule has 2 atom stereocenters. The molecule has 2 aliphatic carbocycles. The molecule has 0 aromatic carbocycles. The largest absolute Gasteiger partial charge is 0.311 e. The van der Waals surface area contributed by atoms with Crippen molar-refractivity contribution >= 4 is 0 Å². The van der Waals surface area contributed by atoms with Crippen molar-refractivity contribution in [2.24, 2.45) is 5.92 Å². The van der Waals surface area contributed by atoms with Gasteiger partial charge in [-0.25, -0.2) is 0 Å². The summed E-state index contributed by atoms with van der Waals surface area (Å²) >= 11 is 0. The molecule has 2 heteroatoms. The van der Waals surface area contributed by atoms with E-state index in [1.165, 1.54) is 38.8 Å². The van der Waals surface area contributed by atoms with Gasteiger partial charge in [0, 0.05) is 30.7 Å². The van der Waals surface area contributed by atoms with Crippen molar-refractivity contribution in [3.63, 3.8) is 0 Å². The van der Waals surface area contributed by atoms with Crippen LogP contribution in [0.2, 0.25) is 0 Å². The summed E-state index contributed by atoms with van der Waals surface area (Å²) in [5.41, 5.74) is 0.578. The van der Waals surface area contributed by atoms with Crippen molar-refractivity contribution in [3.8, 4) is 0 Å². The van der Waals surface area contributed by atoms with Gasteiger partial charge < -0.3 is 5.32 Å². The molecule has 3 fully saturated rings. The molecule has 0 spiro atoms. The molecule has 0 amide bonds. The Labute approximate surface area is 87.0 Å². The van der Waals surface area contributed by atoms with E-state index in [4.69, 9.17) is 0 Å². The second-order valence-electron chi connectivity index (χ2n) is 5.85. The van der Waals surface area contributed by atoms with E-state index in [1.807, 2.05) is 0 Å². The van der Waals surface area contributed by atoms with Crippen LogP contribution in [0.4, 0.5) is 0 Å². The van der Waals surface area contributed by atoms with E-state index >= 15 is 0 Å². The molecular formula is C12H22N2. The van der Waals surface area contributed by atoms with E-state index in [0.29, 0.717) is 5.54 Å². The van der Waals surface area contributed by atoms with Crippen molar-refractivity contribution in [2.75, 3.05) is 13.1 Å². The summed E-state index contributed by atoms with van der Waals surface area (Å²) in [7, 11) is 0. The minimum atomic E-state index is 0.578. The first-order valence-corrected chi connectivity index (χ1v) is 6.19. The zero-order valence-electron chi connectivity index (χ0n) is 9.42. The van der Waals surface area contributed by atoms with Gasteiger partial charge in [0.15, 0.2) is 0 Å². The van der Waals surface area contributed by atoms with Gasteiger partial charge in [-0.3, -0.25) is 4.90 Å². The summed E-state index contributed by atoms with van der Waals surface area (Å²) in [6.45, 7) is 7.33. The molecule has 2 saturated carbocycles. The second-order valence-corrected chi connectivity index (χ2v) is 5.85. The van der Waals surface area contributed by atoms with Gasteiger partial charge in [-0.1, -0.05) is 0 Å². The lowest BCUT2D eigenvalue weighted by Gasteiger charge is -2.43. The second kappa shape index (κ2) is 2.96. The molecule has 1 aliphatic heterocycles. The van der Waals surface area contributed by atoms with Gasteiger partial charge >= 0.3 is 0 Å². The maximum absolute atomic E-state index is 3.72. The summed E-state index contributed by atoms with van der Waals surface area (Å²) in [5, 5.41) is 3.72. The minimum Gasteiger partial charge on any atom is -0.311 e. The molecule has 1 N–H and O–H groups in total. The first kappa shape index (κ1) is 9.17. The summed E-state index contributed by atoms with van der Waals surface area (Å²) < 4.78 is 0. The Morgan fingerprint density at radius 3 is 2.57 bits per heavy atom. The fourth-order valence-corrected chi connectivity index (χ4v) is 2.92. The zero-order chi connectivity index (χ0) is 9.76. The van der Waals surface area contributed by atoms with Crippen LogP contribution in [-0.4, -0.2) is 35.6 Å². The third-order valence-corrected chi connectivity index (χ3v) is 4.46. The fraction of sp³-hybridized carbons (Fsp3) is 1.00. The van der Waals surface area contributed by atoms with Crippen LogP contribution >= 0.6 is 0 Å². The van der Waals surface area contributed by atoms with Crippen molar-refractivity contribution in [1.29, 1.82) is 0 Å². The Kier molecular flexibility index (Phi) is 1.94. The van der Waals surface area contributed by atoms with Crippen molar-refractivity contribution < 1.29 is 0 Å². The lowest BCUT2D eigenvalue weighted by atomic mass is 10.0. The molecule has 0 aromatic heterocycles. The predicted molar refractivity (Wildman–Crippen MR) is 58.3 cm³/mol. The quantitative estimate of drug-likeness (QED) is 0.718. The molecule has 0 aromatic rings. The van der Waals surface area contributed by atoms with Crippen molar-refractivity contribution in [1.82, 2.24) is 10.2 Å². The van der Waals surface area contributed by atoms with E-state index in [2.05, 4.69) is 24.1 Å². The number of piperazine rings is 1. The highest BCUT2D eigenvalue weighted by Gasteiger charge is 2.48. The van der Waals surface area contributed by atoms with Crippen LogP contribution in [0, 0.1) is 5.92 Å². The molecule has 0 bridgehead atoms. The topological polar surface area (TPSA) is 15.3 Å². The Hall–Kier alpha value is -0.0800. The SMILES string of the molecule is CC1CNC(C2CC2)CN1C1(C)CC1. The maximum Gasteiger partial charge on any atom is 0.0224 e. The van der Waals surface area contributed by atoms with Gasteiger partial charge in [0.25, 0.3) is 0 Å². The van der Waals surface area contributed by atoms with Crippen LogP contribution < -0.4 is 5.32 Å². The standard InChI is InChI=1S/C12H22N2/c1-9-7-13-11(10-3-4-10)8-14(9)12(2)5-6-12/h9-11,13H,3-8H2,1-2H3. The number of hydrogen-bond donors (Lipinski definition) is 1. The molecule has 80 valence electrons. The lowest BCUT2D eigenvalue weighted by molar-refractivity contribution is 0.0800. The minimum absolute atomic E-state index is 0.578. The van der Waals surface area contributed by atoms with E-state index in [1.54, 1.807) is 0 Å². The smallest absolute Gasteiger partial charge is 0.0224 e. The van der Waals surface area contributed by atoms with Gasteiger partial charge in [0.2, 0.25) is 0 Å². The van der Waals surface area contributed by atoms with Gasteiger partial charge in [0.05, 0.1) is 0 Å². The van der Waals surface area contributed by atoms with Gasteiger partial charge in [-0.05, 0) is 45.4 Å². The Balaban J connectivity index is 1.68. The van der Waals surface area contributed by atoms with E-state index in [0.717, 1.165) is 18.0 Å². The summed E-state index contributed by atoms with van der Waals surface area (Å²) in [4.78, 5) is 2.77. The van der Waals surface area contributed by atoms with E-state index in [9.17, 15) is 0 Å². The molecule has 14 heavy (non-hydrogen) atoms. The Morgan fingerprint density at radius 1 is 1.29 bits per heavy atom. The van der Waals surface area contributed by atoms with Crippen LogP contribution in [0.1, 0.15) is 39.5 Å². The summed E-state index contributed by atoms with van der Waals surface area (Å²) in [5.74, 6) is 1.01. The predicted octanol–water partition coefficient (Wildman–Crippen LogP) is 1.61. The van der Waals surface area contributed by atoms with Crippen molar-refractivity contribution in [3.05, 3.63) is 0 Å². The Morgan fingerprint density at radius 2 is 2.00 bits per heavy atom. The average molecular weight is 194 g/mol. The lowest BCUT2D eigenvalue weighted by Crippen LogP contribution is -2.59. The first-order valence-electron chi connectivity index (χ1n) is 6.19. The molecule has 2 nitrogen and oxygen atoms in total. The third-order valence-electron chi connectivity index (χ3n) is 4.46. The monoisotopic (exact) mass is 194 g/mol. The fourth-order valence-electron chi connectivity index (χ4n) is 2.92. The molecule has 0 radical (unpaired) electrons. The molecule has 2 unspecified atom stereocenters.